The molecule has 0 fully saturated rings. The van der Waals surface area contributed by atoms with Crippen molar-refractivity contribution in [3.05, 3.63) is 40.9 Å². The van der Waals surface area contributed by atoms with Gasteiger partial charge in [0.1, 0.15) is 5.01 Å². The van der Waals surface area contributed by atoms with Crippen molar-refractivity contribution in [1.29, 1.82) is 0 Å². The summed E-state index contributed by atoms with van der Waals surface area (Å²) in [5, 5.41) is 6.56. The Morgan fingerprint density at radius 1 is 1.28 bits per heavy atom. The van der Waals surface area contributed by atoms with Crippen LogP contribution in [0.15, 0.2) is 29.6 Å². The molecule has 96 valence electrons. The molecule has 1 N–H and O–H groups in total. The predicted molar refractivity (Wildman–Crippen MR) is 79.2 cm³/mol. The molecule has 0 aliphatic rings. The first kappa shape index (κ1) is 13.2. The number of aromatic nitrogens is 1. The van der Waals surface area contributed by atoms with Gasteiger partial charge in [0, 0.05) is 23.4 Å². The van der Waals surface area contributed by atoms with Crippen LogP contribution in [0.5, 0.6) is 0 Å². The van der Waals surface area contributed by atoms with Crippen LogP contribution in [0.2, 0.25) is 0 Å². The highest BCUT2D eigenvalue weighted by atomic mass is 32.1. The van der Waals surface area contributed by atoms with E-state index in [1.165, 1.54) is 16.8 Å². The Labute approximate surface area is 113 Å². The number of likely N-dealkylation sites (N-methyl/N-ethyl adjacent to an activating group) is 1. The lowest BCUT2D eigenvalue weighted by molar-refractivity contribution is 0.600. The summed E-state index contributed by atoms with van der Waals surface area (Å²) in [5.41, 5.74) is 3.72. The maximum atomic E-state index is 4.78. The van der Waals surface area contributed by atoms with Crippen molar-refractivity contribution in [3.8, 4) is 10.6 Å². The van der Waals surface area contributed by atoms with Crippen molar-refractivity contribution in [2.75, 3.05) is 13.6 Å². The molecule has 18 heavy (non-hydrogen) atoms. The van der Waals surface area contributed by atoms with E-state index in [4.69, 9.17) is 4.98 Å². The smallest absolute Gasteiger partial charge is 0.123 e. The number of hydrogen-bond donors (Lipinski definition) is 1. The molecule has 1 aromatic heterocycles. The highest BCUT2D eigenvalue weighted by Crippen LogP contribution is 2.28. The molecule has 2 rings (SSSR count). The topological polar surface area (TPSA) is 24.9 Å². The quantitative estimate of drug-likeness (QED) is 0.883. The van der Waals surface area contributed by atoms with Gasteiger partial charge in [0.05, 0.1) is 5.69 Å². The van der Waals surface area contributed by atoms with Crippen LogP contribution in [-0.2, 0) is 0 Å². The normalized spacial score (nSPS) is 12.6. The van der Waals surface area contributed by atoms with Crippen molar-refractivity contribution in [1.82, 2.24) is 10.3 Å². The second-order valence-corrected chi connectivity index (χ2v) is 5.46. The lowest BCUT2D eigenvalue weighted by Crippen LogP contribution is -2.16. The Balaban J connectivity index is 2.21. The van der Waals surface area contributed by atoms with E-state index in [0.29, 0.717) is 5.92 Å². The first-order valence-corrected chi connectivity index (χ1v) is 7.29. The van der Waals surface area contributed by atoms with Gasteiger partial charge in [0.2, 0.25) is 0 Å². The van der Waals surface area contributed by atoms with Crippen LogP contribution in [0.25, 0.3) is 10.6 Å². The number of hydrogen-bond acceptors (Lipinski definition) is 3. The third-order valence-corrected chi connectivity index (χ3v) is 4.09. The standard InChI is InChI=1S/C15H20N2S/c1-4-12(9-16-3)14-10-18-15(17-14)13-7-5-11(2)6-8-13/h5-8,10,12,16H,4,9H2,1-3H3. The van der Waals surface area contributed by atoms with Crippen molar-refractivity contribution < 1.29 is 0 Å². The summed E-state index contributed by atoms with van der Waals surface area (Å²) in [4.78, 5) is 4.78. The van der Waals surface area contributed by atoms with Crippen molar-refractivity contribution in [2.45, 2.75) is 26.2 Å². The fourth-order valence-corrected chi connectivity index (χ4v) is 2.91. The van der Waals surface area contributed by atoms with Crippen LogP contribution in [0.3, 0.4) is 0 Å². The maximum absolute atomic E-state index is 4.78. The molecule has 0 amide bonds. The molecule has 1 unspecified atom stereocenters. The Bertz CT molecular complexity index is 487. The lowest BCUT2D eigenvalue weighted by Gasteiger charge is -2.10. The van der Waals surface area contributed by atoms with Gasteiger partial charge in [0.25, 0.3) is 0 Å². The van der Waals surface area contributed by atoms with Crippen LogP contribution in [0, 0.1) is 6.92 Å². The number of aryl methyl sites for hydroxylation is 1. The summed E-state index contributed by atoms with van der Waals surface area (Å²) < 4.78 is 0. The summed E-state index contributed by atoms with van der Waals surface area (Å²) in [5.74, 6) is 0.519. The number of thiazole rings is 1. The molecule has 0 aliphatic carbocycles. The molecule has 0 saturated carbocycles. The molecule has 2 aromatic rings. The zero-order valence-electron chi connectivity index (χ0n) is 11.2. The third kappa shape index (κ3) is 2.98. The molecule has 2 nitrogen and oxygen atoms in total. The SMILES string of the molecule is CCC(CNC)c1csc(-c2ccc(C)cc2)n1. The van der Waals surface area contributed by atoms with E-state index in [-0.39, 0.29) is 0 Å². The van der Waals surface area contributed by atoms with Crippen LogP contribution in [0.4, 0.5) is 0 Å². The fraction of sp³-hybridized carbons (Fsp3) is 0.400. The fourth-order valence-electron chi connectivity index (χ4n) is 2.01. The van der Waals surface area contributed by atoms with Crippen molar-refractivity contribution in [2.24, 2.45) is 0 Å². The summed E-state index contributed by atoms with van der Waals surface area (Å²) in [6.45, 7) is 5.32. The Hall–Kier alpha value is -1.19. The Morgan fingerprint density at radius 3 is 2.61 bits per heavy atom. The summed E-state index contributed by atoms with van der Waals surface area (Å²) in [7, 11) is 2.00. The van der Waals surface area contributed by atoms with Gasteiger partial charge in [-0.05, 0) is 20.4 Å². The Kier molecular flexibility index (Phi) is 4.50. The van der Waals surface area contributed by atoms with E-state index in [0.717, 1.165) is 18.0 Å². The summed E-state index contributed by atoms with van der Waals surface area (Å²) in [6.07, 6.45) is 1.12. The van der Waals surface area contributed by atoms with Gasteiger partial charge < -0.3 is 5.32 Å². The molecule has 3 heteroatoms. The van der Waals surface area contributed by atoms with E-state index < -0.39 is 0 Å². The van der Waals surface area contributed by atoms with Crippen molar-refractivity contribution >= 4 is 11.3 Å². The van der Waals surface area contributed by atoms with E-state index in [1.54, 1.807) is 11.3 Å². The molecule has 0 saturated heterocycles. The van der Waals surface area contributed by atoms with Gasteiger partial charge in [0.15, 0.2) is 0 Å². The second-order valence-electron chi connectivity index (χ2n) is 4.61. The zero-order valence-corrected chi connectivity index (χ0v) is 12.1. The maximum Gasteiger partial charge on any atom is 0.123 e. The van der Waals surface area contributed by atoms with Crippen LogP contribution in [-0.4, -0.2) is 18.6 Å². The molecule has 1 heterocycles. The first-order chi connectivity index (χ1) is 8.74. The summed E-state index contributed by atoms with van der Waals surface area (Å²) in [6, 6.07) is 8.58. The lowest BCUT2D eigenvalue weighted by atomic mass is 10.0. The average Bonchev–Trinajstić information content (AvgIpc) is 2.86. The van der Waals surface area contributed by atoms with Crippen LogP contribution >= 0.6 is 11.3 Å². The van der Waals surface area contributed by atoms with Crippen LogP contribution < -0.4 is 5.32 Å². The highest BCUT2D eigenvalue weighted by molar-refractivity contribution is 7.13. The molecule has 0 aliphatic heterocycles. The van der Waals surface area contributed by atoms with E-state index in [2.05, 4.69) is 48.8 Å². The summed E-state index contributed by atoms with van der Waals surface area (Å²) >= 11 is 1.74. The number of benzene rings is 1. The van der Waals surface area contributed by atoms with Crippen LogP contribution in [0.1, 0.15) is 30.5 Å². The molecular formula is C15H20N2S. The second kappa shape index (κ2) is 6.12. The number of nitrogens with one attached hydrogen (secondary N) is 1. The van der Waals surface area contributed by atoms with Gasteiger partial charge in [-0.2, -0.15) is 0 Å². The van der Waals surface area contributed by atoms with Gasteiger partial charge in [-0.3, -0.25) is 0 Å². The molecule has 0 radical (unpaired) electrons. The van der Waals surface area contributed by atoms with Crippen molar-refractivity contribution in [3.63, 3.8) is 0 Å². The zero-order chi connectivity index (χ0) is 13.0. The Morgan fingerprint density at radius 2 is 2.00 bits per heavy atom. The highest BCUT2D eigenvalue weighted by Gasteiger charge is 2.13. The van der Waals surface area contributed by atoms with Gasteiger partial charge >= 0.3 is 0 Å². The average molecular weight is 260 g/mol. The minimum atomic E-state index is 0.519. The molecule has 0 bridgehead atoms. The largest absolute Gasteiger partial charge is 0.319 e. The predicted octanol–water partition coefficient (Wildman–Crippen LogP) is 3.83. The van der Waals surface area contributed by atoms with Gasteiger partial charge in [-0.15, -0.1) is 11.3 Å². The molecular weight excluding hydrogens is 240 g/mol. The third-order valence-electron chi connectivity index (χ3n) is 3.18. The first-order valence-electron chi connectivity index (χ1n) is 6.41. The van der Waals surface area contributed by atoms with Gasteiger partial charge in [-0.25, -0.2) is 4.98 Å². The minimum Gasteiger partial charge on any atom is -0.319 e. The van der Waals surface area contributed by atoms with E-state index >= 15 is 0 Å². The molecule has 1 aromatic carbocycles. The van der Waals surface area contributed by atoms with E-state index in [1.807, 2.05) is 7.05 Å². The number of rotatable bonds is 5. The monoisotopic (exact) mass is 260 g/mol. The minimum absolute atomic E-state index is 0.519. The van der Waals surface area contributed by atoms with E-state index in [9.17, 15) is 0 Å². The molecule has 1 atom stereocenters. The van der Waals surface area contributed by atoms with Gasteiger partial charge in [-0.1, -0.05) is 36.8 Å². The molecule has 0 spiro atoms. The number of nitrogens with zero attached hydrogens (tertiary/aromatic N) is 1.